The first kappa shape index (κ1) is 23.5. The number of Topliss-reactive ketones (excluding diaryl/α,β-unsaturated/α-hetero) is 1. The summed E-state index contributed by atoms with van der Waals surface area (Å²) in [6.07, 6.45) is -0.238. The third kappa shape index (κ3) is 2.75. The lowest BCUT2D eigenvalue weighted by Crippen LogP contribution is -2.64. The number of aliphatic hydroxyl groups excluding tert-OH is 2. The Balaban J connectivity index is 2.12. The average molecular weight is 481 g/mol. The van der Waals surface area contributed by atoms with Gasteiger partial charge < -0.3 is 36.4 Å². The van der Waals surface area contributed by atoms with E-state index >= 15 is 0 Å². The number of phenols is 1. The predicted molar refractivity (Wildman–Crippen MR) is 115 cm³/mol. The van der Waals surface area contributed by atoms with Crippen molar-refractivity contribution in [1.82, 2.24) is 4.90 Å². The summed E-state index contributed by atoms with van der Waals surface area (Å²) in [7, 11) is 3.01. The molecule has 0 aromatic heterocycles. The van der Waals surface area contributed by atoms with E-state index in [2.05, 4.69) is 0 Å². The number of halogens is 1. The van der Waals surface area contributed by atoms with Crippen LogP contribution < -0.4 is 5.73 Å². The van der Waals surface area contributed by atoms with Crippen LogP contribution >= 0.6 is 11.6 Å². The van der Waals surface area contributed by atoms with Gasteiger partial charge in [-0.2, -0.15) is 0 Å². The number of likely N-dealkylation sites (N-methyl/N-ethyl adjacent to an activating group) is 1. The van der Waals surface area contributed by atoms with Crippen LogP contribution in [0.3, 0.4) is 0 Å². The highest BCUT2D eigenvalue weighted by molar-refractivity contribution is 6.25. The third-order valence-electron chi connectivity index (χ3n) is 7.24. The smallest absolute Gasteiger partial charge is 0.255 e. The second-order valence-electron chi connectivity index (χ2n) is 9.25. The average Bonchev–Trinajstić information content (AvgIpc) is 2.68. The summed E-state index contributed by atoms with van der Waals surface area (Å²) in [5.74, 6) is -7.23. The molecule has 3 aliphatic rings. The lowest BCUT2D eigenvalue weighted by atomic mass is 9.55. The van der Waals surface area contributed by atoms with Crippen molar-refractivity contribution >= 4 is 23.3 Å². The van der Waals surface area contributed by atoms with Gasteiger partial charge in [-0.15, -0.1) is 0 Å². The van der Waals surface area contributed by atoms with Crippen LogP contribution in [0.1, 0.15) is 24.5 Å². The predicted octanol–water partition coefficient (Wildman–Crippen LogP) is -0.0132. The number of hydrogen-bond acceptors (Lipinski definition) is 9. The van der Waals surface area contributed by atoms with Crippen molar-refractivity contribution in [2.45, 2.75) is 35.6 Å². The molecule has 0 bridgehead atoms. The fourth-order valence-electron chi connectivity index (χ4n) is 5.73. The molecule has 33 heavy (non-hydrogen) atoms. The Morgan fingerprint density at radius 3 is 2.30 bits per heavy atom. The van der Waals surface area contributed by atoms with Crippen LogP contribution in [0.2, 0.25) is 0 Å². The summed E-state index contributed by atoms with van der Waals surface area (Å²) in [6, 6.07) is 2.91. The standard InChI is InChI=1S/C22H25ClN2O8/c1-20(31)8-5-4-6-11(26)13(8)22(23,33)14-9(20)7-10-15(25(2)3)16(27)12(19(24)30)17(28)21(10,32)18(14)29/h4-6,9-10,15,26,28-29,31-33H,7H2,1-3H3,(H2,24,30)/t9-,10-,15-,20+,21+,22?/m0/s1. The Bertz CT molecular complexity index is 1160. The van der Waals surface area contributed by atoms with E-state index in [1.54, 1.807) is 0 Å². The SMILES string of the molecule is CN(C)[C@@H]1C(=O)C(C(N)=O)=C(O)[C@@]2(O)C(O)=C3[C@H](C[C@@H]12)[C@](C)(O)c1cccc(O)c1C3(O)Cl. The lowest BCUT2D eigenvalue weighted by molar-refractivity contribution is -0.142. The topological polar surface area (TPSA) is 185 Å². The zero-order valence-corrected chi connectivity index (χ0v) is 18.8. The van der Waals surface area contributed by atoms with Crippen molar-refractivity contribution in [2.75, 3.05) is 14.1 Å². The van der Waals surface area contributed by atoms with E-state index in [0.29, 0.717) is 0 Å². The van der Waals surface area contributed by atoms with E-state index in [0.717, 1.165) is 0 Å². The van der Waals surface area contributed by atoms with Gasteiger partial charge in [-0.1, -0.05) is 23.7 Å². The molecule has 1 amide bonds. The van der Waals surface area contributed by atoms with Crippen molar-refractivity contribution in [3.63, 3.8) is 0 Å². The number of primary amides is 1. The van der Waals surface area contributed by atoms with Crippen LogP contribution in [0, 0.1) is 11.8 Å². The molecule has 1 aromatic carbocycles. The molecule has 0 heterocycles. The Labute approximate surface area is 193 Å². The normalized spacial score (nSPS) is 38.2. The number of nitrogens with two attached hydrogens (primary N) is 1. The molecular formula is C22H25ClN2O8. The fourth-order valence-corrected chi connectivity index (χ4v) is 6.15. The highest BCUT2D eigenvalue weighted by Crippen LogP contribution is 2.62. The monoisotopic (exact) mass is 480 g/mol. The number of fused-ring (bicyclic) bond motifs is 3. The van der Waals surface area contributed by atoms with Crippen LogP contribution in [0.25, 0.3) is 0 Å². The Morgan fingerprint density at radius 1 is 1.15 bits per heavy atom. The molecule has 4 rings (SSSR count). The number of hydrogen-bond donors (Lipinski definition) is 7. The summed E-state index contributed by atoms with van der Waals surface area (Å²) in [6.45, 7) is 1.39. The van der Waals surface area contributed by atoms with E-state index < -0.39 is 74.2 Å². The first-order valence-corrected chi connectivity index (χ1v) is 10.6. The molecule has 0 saturated heterocycles. The number of rotatable bonds is 2. The quantitative estimate of drug-likeness (QED) is 0.226. The fraction of sp³-hybridized carbons (Fsp3) is 0.455. The molecule has 8 N–H and O–H groups in total. The number of aliphatic hydroxyl groups is 5. The molecule has 178 valence electrons. The minimum atomic E-state index is -2.72. The van der Waals surface area contributed by atoms with Crippen LogP contribution in [-0.4, -0.2) is 73.0 Å². The maximum atomic E-state index is 13.1. The van der Waals surface area contributed by atoms with Crippen LogP contribution in [-0.2, 0) is 20.3 Å². The lowest BCUT2D eigenvalue weighted by Gasteiger charge is -2.55. The number of phenolic OH excluding ortho intramolecular Hbond substituents is 1. The number of ketones is 1. The Hall–Kier alpha value is -2.63. The molecule has 1 unspecified atom stereocenters. The van der Waals surface area contributed by atoms with Gasteiger partial charge in [0.1, 0.15) is 22.8 Å². The van der Waals surface area contributed by atoms with Gasteiger partial charge in [0.05, 0.1) is 17.2 Å². The maximum Gasteiger partial charge on any atom is 0.255 e. The highest BCUT2D eigenvalue weighted by atomic mass is 35.5. The number of benzene rings is 1. The number of amides is 1. The maximum absolute atomic E-state index is 13.1. The van der Waals surface area contributed by atoms with Crippen molar-refractivity contribution in [3.05, 3.63) is 52.0 Å². The van der Waals surface area contributed by atoms with Gasteiger partial charge in [0.2, 0.25) is 0 Å². The van der Waals surface area contributed by atoms with Crippen molar-refractivity contribution < 1.29 is 40.2 Å². The van der Waals surface area contributed by atoms with Gasteiger partial charge in [0.25, 0.3) is 5.91 Å². The molecule has 0 radical (unpaired) electrons. The molecular weight excluding hydrogens is 456 g/mol. The minimum absolute atomic E-state index is 0.0908. The van der Waals surface area contributed by atoms with Crippen LogP contribution in [0.5, 0.6) is 5.75 Å². The molecule has 0 saturated carbocycles. The minimum Gasteiger partial charge on any atom is -0.509 e. The summed E-state index contributed by atoms with van der Waals surface area (Å²) < 4.78 is 0. The van der Waals surface area contributed by atoms with Crippen molar-refractivity contribution in [3.8, 4) is 5.75 Å². The first-order chi connectivity index (χ1) is 15.1. The second-order valence-corrected chi connectivity index (χ2v) is 9.80. The van der Waals surface area contributed by atoms with E-state index in [1.165, 1.54) is 44.1 Å². The number of nitrogens with zero attached hydrogens (tertiary/aromatic N) is 1. The number of alkyl halides is 1. The summed E-state index contributed by atoms with van der Waals surface area (Å²) in [5, 5.41) is 64.4. The van der Waals surface area contributed by atoms with Crippen molar-refractivity contribution in [1.29, 1.82) is 0 Å². The number of aromatic hydroxyl groups is 1. The molecule has 3 aliphatic carbocycles. The zero-order chi connectivity index (χ0) is 24.8. The molecule has 10 nitrogen and oxygen atoms in total. The molecule has 0 aliphatic heterocycles. The zero-order valence-electron chi connectivity index (χ0n) is 18.1. The Morgan fingerprint density at radius 2 is 1.76 bits per heavy atom. The van der Waals surface area contributed by atoms with Gasteiger partial charge in [-0.25, -0.2) is 0 Å². The van der Waals surface area contributed by atoms with Gasteiger partial charge in [0.15, 0.2) is 16.4 Å². The second kappa shape index (κ2) is 6.94. The van der Waals surface area contributed by atoms with Crippen molar-refractivity contribution in [2.24, 2.45) is 17.6 Å². The molecule has 6 atom stereocenters. The van der Waals surface area contributed by atoms with E-state index in [-0.39, 0.29) is 17.5 Å². The van der Waals surface area contributed by atoms with E-state index in [1.807, 2.05) is 0 Å². The largest absolute Gasteiger partial charge is 0.509 e. The first-order valence-electron chi connectivity index (χ1n) is 10.2. The third-order valence-corrected chi connectivity index (χ3v) is 7.63. The molecule has 11 heteroatoms. The van der Waals surface area contributed by atoms with Gasteiger partial charge in [0, 0.05) is 17.4 Å². The van der Waals surface area contributed by atoms with Crippen LogP contribution in [0.4, 0.5) is 0 Å². The Kier molecular flexibility index (Phi) is 4.95. The van der Waals surface area contributed by atoms with Gasteiger partial charge in [-0.3, -0.25) is 14.5 Å². The number of carbonyl (C=O) groups excluding carboxylic acids is 2. The summed E-state index contributed by atoms with van der Waals surface area (Å²) in [4.78, 5) is 26.5. The van der Waals surface area contributed by atoms with E-state index in [9.17, 15) is 40.2 Å². The van der Waals surface area contributed by atoms with Gasteiger partial charge in [-0.05, 0) is 39.1 Å². The van der Waals surface area contributed by atoms with E-state index in [4.69, 9.17) is 17.3 Å². The summed E-state index contributed by atoms with van der Waals surface area (Å²) in [5.41, 5.74) is -0.809. The molecule has 1 aromatic rings. The summed E-state index contributed by atoms with van der Waals surface area (Å²) >= 11 is 6.46. The number of carbonyl (C=O) groups is 2. The molecule has 0 spiro atoms. The highest BCUT2D eigenvalue weighted by Gasteiger charge is 2.67. The van der Waals surface area contributed by atoms with Gasteiger partial charge >= 0.3 is 0 Å². The van der Waals surface area contributed by atoms with Crippen LogP contribution in [0.15, 0.2) is 40.9 Å². The molecule has 0 fully saturated rings.